The number of aromatic nitrogens is 1. The summed E-state index contributed by atoms with van der Waals surface area (Å²) in [7, 11) is 2.05. The number of anilines is 2. The van der Waals surface area contributed by atoms with Gasteiger partial charge >= 0.3 is 0 Å². The fraction of sp³-hybridized carbons (Fsp3) is 0.353. The minimum absolute atomic E-state index is 0.341. The lowest BCUT2D eigenvalue weighted by Crippen LogP contribution is -2.18. The van der Waals surface area contributed by atoms with Crippen molar-refractivity contribution in [3.05, 3.63) is 53.7 Å². The van der Waals surface area contributed by atoms with Crippen molar-refractivity contribution in [3.63, 3.8) is 0 Å². The number of hydrogen-bond acceptors (Lipinski definition) is 3. The van der Waals surface area contributed by atoms with Crippen molar-refractivity contribution >= 4 is 11.5 Å². The number of nitrogens with one attached hydrogen (secondary N) is 1. The van der Waals surface area contributed by atoms with Crippen molar-refractivity contribution in [2.75, 3.05) is 18.5 Å². The lowest BCUT2D eigenvalue weighted by molar-refractivity contribution is 0.597. The zero-order valence-corrected chi connectivity index (χ0v) is 12.7. The van der Waals surface area contributed by atoms with Crippen LogP contribution < -0.4 is 10.2 Å². The Bertz CT molecular complexity index is 548. The summed E-state index contributed by atoms with van der Waals surface area (Å²) < 4.78 is 0. The highest BCUT2D eigenvalue weighted by Gasteiger charge is 2.09. The van der Waals surface area contributed by atoms with E-state index < -0.39 is 0 Å². The molecule has 0 aliphatic heterocycles. The van der Waals surface area contributed by atoms with Crippen molar-refractivity contribution in [1.29, 1.82) is 0 Å². The average molecular weight is 269 g/mol. The summed E-state index contributed by atoms with van der Waals surface area (Å²) in [5.41, 5.74) is 3.68. The van der Waals surface area contributed by atoms with Crippen molar-refractivity contribution in [1.82, 2.24) is 10.3 Å². The van der Waals surface area contributed by atoms with E-state index in [0.717, 1.165) is 18.1 Å². The second kappa shape index (κ2) is 6.53. The Hall–Kier alpha value is -1.87. The summed E-state index contributed by atoms with van der Waals surface area (Å²) in [6, 6.07) is 13.0. The first-order valence-corrected chi connectivity index (χ1v) is 7.11. The molecule has 0 saturated heterocycles. The molecule has 1 N–H and O–H groups in total. The molecule has 0 spiro atoms. The van der Waals surface area contributed by atoms with Crippen LogP contribution >= 0.6 is 0 Å². The van der Waals surface area contributed by atoms with Crippen molar-refractivity contribution in [2.24, 2.45) is 0 Å². The second-order valence-electron chi connectivity index (χ2n) is 5.12. The smallest absolute Gasteiger partial charge is 0.132 e. The molecule has 1 heterocycles. The number of rotatable bonds is 5. The quantitative estimate of drug-likeness (QED) is 0.894. The molecule has 3 nitrogen and oxygen atoms in total. The largest absolute Gasteiger partial charge is 0.329 e. The van der Waals surface area contributed by atoms with Crippen molar-refractivity contribution in [3.8, 4) is 0 Å². The molecule has 0 radical (unpaired) electrons. The Morgan fingerprint density at radius 2 is 1.90 bits per heavy atom. The minimum Gasteiger partial charge on any atom is -0.329 e. The first-order chi connectivity index (χ1) is 9.61. The summed E-state index contributed by atoms with van der Waals surface area (Å²) in [5, 5.41) is 3.43. The number of nitrogens with zero attached hydrogens (tertiary/aromatic N) is 2. The van der Waals surface area contributed by atoms with E-state index in [2.05, 4.69) is 79.4 Å². The van der Waals surface area contributed by atoms with Crippen molar-refractivity contribution < 1.29 is 0 Å². The van der Waals surface area contributed by atoms with Crippen LogP contribution in [0, 0.1) is 6.92 Å². The zero-order valence-electron chi connectivity index (χ0n) is 12.7. The predicted molar refractivity (Wildman–Crippen MR) is 85.6 cm³/mol. The maximum Gasteiger partial charge on any atom is 0.132 e. The molecule has 1 aromatic heterocycles. The van der Waals surface area contributed by atoms with Crippen LogP contribution in [0.4, 0.5) is 11.5 Å². The van der Waals surface area contributed by atoms with Gasteiger partial charge in [0.15, 0.2) is 0 Å². The summed E-state index contributed by atoms with van der Waals surface area (Å²) in [4.78, 5) is 6.59. The summed E-state index contributed by atoms with van der Waals surface area (Å²) in [6.45, 7) is 7.36. The van der Waals surface area contributed by atoms with E-state index in [4.69, 9.17) is 0 Å². The molecule has 1 unspecified atom stereocenters. The Morgan fingerprint density at radius 3 is 2.55 bits per heavy atom. The van der Waals surface area contributed by atoms with Gasteiger partial charge in [0.25, 0.3) is 0 Å². The van der Waals surface area contributed by atoms with Gasteiger partial charge in [-0.15, -0.1) is 0 Å². The summed E-state index contributed by atoms with van der Waals surface area (Å²) in [6.07, 6.45) is 1.88. The van der Waals surface area contributed by atoms with Gasteiger partial charge in [-0.1, -0.05) is 24.6 Å². The van der Waals surface area contributed by atoms with Crippen LogP contribution in [0.25, 0.3) is 0 Å². The van der Waals surface area contributed by atoms with Gasteiger partial charge in [0.05, 0.1) is 0 Å². The highest BCUT2D eigenvalue weighted by molar-refractivity contribution is 5.59. The zero-order chi connectivity index (χ0) is 14.5. The molecule has 0 fully saturated rings. The highest BCUT2D eigenvalue weighted by Crippen LogP contribution is 2.24. The van der Waals surface area contributed by atoms with Crippen LogP contribution in [0.2, 0.25) is 0 Å². The molecule has 1 aromatic carbocycles. The lowest BCUT2D eigenvalue weighted by atomic mass is 10.1. The molecule has 20 heavy (non-hydrogen) atoms. The topological polar surface area (TPSA) is 28.2 Å². The molecule has 0 saturated carbocycles. The molecule has 0 aliphatic carbocycles. The molecule has 106 valence electrons. The first-order valence-electron chi connectivity index (χ1n) is 7.11. The minimum atomic E-state index is 0.341. The third-order valence-corrected chi connectivity index (χ3v) is 3.54. The SMILES string of the molecule is CCNC(C)c1ccnc(N(C)c2ccc(C)cc2)c1. The number of hydrogen-bond donors (Lipinski definition) is 1. The lowest BCUT2D eigenvalue weighted by Gasteiger charge is -2.20. The van der Waals surface area contributed by atoms with Crippen LogP contribution in [0.15, 0.2) is 42.6 Å². The Balaban J connectivity index is 2.23. The van der Waals surface area contributed by atoms with Gasteiger partial charge in [-0.3, -0.25) is 0 Å². The fourth-order valence-corrected chi connectivity index (χ4v) is 2.21. The van der Waals surface area contributed by atoms with E-state index in [1.807, 2.05) is 6.20 Å². The van der Waals surface area contributed by atoms with Gasteiger partial charge < -0.3 is 10.2 Å². The van der Waals surface area contributed by atoms with E-state index in [0.29, 0.717) is 6.04 Å². The van der Waals surface area contributed by atoms with E-state index in [1.54, 1.807) is 0 Å². The monoisotopic (exact) mass is 269 g/mol. The molecule has 0 aliphatic rings. The van der Waals surface area contributed by atoms with Gasteiger partial charge in [0, 0.05) is 25.0 Å². The number of aryl methyl sites for hydroxylation is 1. The first kappa shape index (κ1) is 14.5. The van der Waals surface area contributed by atoms with Gasteiger partial charge in [0.2, 0.25) is 0 Å². The molecule has 1 atom stereocenters. The Kier molecular flexibility index (Phi) is 4.74. The van der Waals surface area contributed by atoms with E-state index in [-0.39, 0.29) is 0 Å². The van der Waals surface area contributed by atoms with E-state index in [9.17, 15) is 0 Å². The second-order valence-corrected chi connectivity index (χ2v) is 5.12. The van der Waals surface area contributed by atoms with Crippen LogP contribution in [-0.4, -0.2) is 18.6 Å². The third kappa shape index (κ3) is 3.36. The summed E-state index contributed by atoms with van der Waals surface area (Å²) in [5.74, 6) is 0.969. The Labute approximate surface area is 121 Å². The van der Waals surface area contributed by atoms with Gasteiger partial charge in [-0.2, -0.15) is 0 Å². The molecule has 2 aromatic rings. The average Bonchev–Trinajstić information content (AvgIpc) is 2.48. The van der Waals surface area contributed by atoms with E-state index in [1.165, 1.54) is 11.1 Å². The van der Waals surface area contributed by atoms with Gasteiger partial charge in [0.1, 0.15) is 5.82 Å². The fourth-order valence-electron chi connectivity index (χ4n) is 2.21. The molecular weight excluding hydrogens is 246 g/mol. The van der Waals surface area contributed by atoms with Crippen LogP contribution in [0.1, 0.15) is 31.0 Å². The van der Waals surface area contributed by atoms with Crippen LogP contribution in [-0.2, 0) is 0 Å². The molecule has 2 rings (SSSR count). The predicted octanol–water partition coefficient (Wildman–Crippen LogP) is 3.83. The van der Waals surface area contributed by atoms with Gasteiger partial charge in [-0.05, 0) is 50.2 Å². The number of benzene rings is 1. The van der Waals surface area contributed by atoms with E-state index >= 15 is 0 Å². The third-order valence-electron chi connectivity index (χ3n) is 3.54. The Morgan fingerprint density at radius 1 is 1.20 bits per heavy atom. The normalized spacial score (nSPS) is 12.2. The van der Waals surface area contributed by atoms with Crippen LogP contribution in [0.3, 0.4) is 0 Å². The number of pyridine rings is 1. The van der Waals surface area contributed by atoms with Crippen molar-refractivity contribution in [2.45, 2.75) is 26.8 Å². The molecule has 3 heteroatoms. The molecule has 0 amide bonds. The summed E-state index contributed by atoms with van der Waals surface area (Å²) >= 11 is 0. The van der Waals surface area contributed by atoms with Crippen LogP contribution in [0.5, 0.6) is 0 Å². The molecular formula is C17H23N3. The highest BCUT2D eigenvalue weighted by atomic mass is 15.2. The van der Waals surface area contributed by atoms with Gasteiger partial charge in [-0.25, -0.2) is 4.98 Å². The maximum absolute atomic E-state index is 4.48. The molecule has 0 bridgehead atoms. The standard InChI is InChI=1S/C17H23N3/c1-5-18-14(3)15-10-11-19-17(12-15)20(4)16-8-6-13(2)7-9-16/h6-12,14,18H,5H2,1-4H3. The maximum atomic E-state index is 4.48.